The molecule has 0 bridgehead atoms. The van der Waals surface area contributed by atoms with Crippen molar-refractivity contribution in [3.05, 3.63) is 22.6 Å². The van der Waals surface area contributed by atoms with Crippen molar-refractivity contribution in [2.24, 2.45) is 0 Å². The van der Waals surface area contributed by atoms with E-state index in [9.17, 15) is 9.59 Å². The predicted octanol–water partition coefficient (Wildman–Crippen LogP) is 1.09. The van der Waals surface area contributed by atoms with Gasteiger partial charge in [-0.1, -0.05) is 0 Å². The minimum atomic E-state index is -0.116. The van der Waals surface area contributed by atoms with E-state index in [1.165, 1.54) is 4.68 Å². The number of unbranched alkanes of at least 4 members (excludes halogenated alkanes) is 1. The van der Waals surface area contributed by atoms with Crippen LogP contribution in [0.5, 0.6) is 0 Å². The number of hydrogen-bond donors (Lipinski definition) is 0. The van der Waals surface area contributed by atoms with Crippen molar-refractivity contribution in [1.82, 2.24) is 9.78 Å². The van der Waals surface area contributed by atoms with Crippen molar-refractivity contribution >= 4 is 11.5 Å². The van der Waals surface area contributed by atoms with Crippen molar-refractivity contribution in [1.29, 1.82) is 0 Å². The summed E-state index contributed by atoms with van der Waals surface area (Å²) >= 11 is 0. The SMILES string of the molecule is COCCN(C)c1cnn(CCCCC(C)=O)c(=O)c1. The quantitative estimate of drug-likeness (QED) is 0.634. The first-order valence-electron chi connectivity index (χ1n) is 6.81. The minimum absolute atomic E-state index is 0.116. The van der Waals surface area contributed by atoms with Crippen LogP contribution in [0.25, 0.3) is 0 Å². The first-order valence-corrected chi connectivity index (χ1v) is 6.81. The number of aryl methyl sites for hydroxylation is 1. The van der Waals surface area contributed by atoms with E-state index in [1.807, 2.05) is 11.9 Å². The van der Waals surface area contributed by atoms with Crippen LogP contribution < -0.4 is 10.5 Å². The van der Waals surface area contributed by atoms with Gasteiger partial charge in [0, 0.05) is 39.7 Å². The second kappa shape index (κ2) is 8.47. The smallest absolute Gasteiger partial charge is 0.268 e. The lowest BCUT2D eigenvalue weighted by molar-refractivity contribution is -0.117. The zero-order valence-corrected chi connectivity index (χ0v) is 12.5. The van der Waals surface area contributed by atoms with Gasteiger partial charge in [0.1, 0.15) is 5.78 Å². The largest absolute Gasteiger partial charge is 0.383 e. The van der Waals surface area contributed by atoms with Gasteiger partial charge in [0.15, 0.2) is 0 Å². The Morgan fingerprint density at radius 3 is 2.80 bits per heavy atom. The molecule has 20 heavy (non-hydrogen) atoms. The maximum atomic E-state index is 11.9. The Morgan fingerprint density at radius 1 is 1.45 bits per heavy atom. The van der Waals surface area contributed by atoms with Crippen molar-refractivity contribution in [2.45, 2.75) is 32.7 Å². The van der Waals surface area contributed by atoms with Gasteiger partial charge in [-0.15, -0.1) is 0 Å². The first-order chi connectivity index (χ1) is 9.54. The number of anilines is 1. The molecule has 0 aliphatic rings. The van der Waals surface area contributed by atoms with Gasteiger partial charge in [-0.05, 0) is 19.8 Å². The highest BCUT2D eigenvalue weighted by Crippen LogP contribution is 2.06. The molecular weight excluding hydrogens is 258 g/mol. The average molecular weight is 281 g/mol. The molecule has 1 rings (SSSR count). The summed E-state index contributed by atoms with van der Waals surface area (Å²) in [6, 6.07) is 1.58. The standard InChI is InChI=1S/C14H23N3O3/c1-12(18)6-4-5-7-17-14(19)10-13(11-15-17)16(2)8-9-20-3/h10-11H,4-9H2,1-3H3. The van der Waals surface area contributed by atoms with Gasteiger partial charge in [0.2, 0.25) is 0 Å². The summed E-state index contributed by atoms with van der Waals surface area (Å²) in [5.41, 5.74) is 0.668. The fraction of sp³-hybridized carbons (Fsp3) is 0.643. The fourth-order valence-electron chi connectivity index (χ4n) is 1.79. The number of ether oxygens (including phenoxy) is 1. The predicted molar refractivity (Wildman–Crippen MR) is 78.2 cm³/mol. The number of aromatic nitrogens is 2. The van der Waals surface area contributed by atoms with Crippen LogP contribution in [0.3, 0.4) is 0 Å². The Hall–Kier alpha value is -1.69. The molecule has 0 spiro atoms. The molecule has 1 aromatic rings. The maximum absolute atomic E-state index is 11.9. The molecule has 0 N–H and O–H groups in total. The fourth-order valence-corrected chi connectivity index (χ4v) is 1.79. The van der Waals surface area contributed by atoms with Crippen LogP contribution in [-0.4, -0.2) is 42.9 Å². The van der Waals surface area contributed by atoms with E-state index < -0.39 is 0 Å². The number of nitrogens with zero attached hydrogens (tertiary/aromatic N) is 3. The molecule has 0 aliphatic carbocycles. The van der Waals surface area contributed by atoms with Crippen molar-refractivity contribution in [2.75, 3.05) is 32.2 Å². The van der Waals surface area contributed by atoms with Gasteiger partial charge in [-0.3, -0.25) is 4.79 Å². The van der Waals surface area contributed by atoms with E-state index in [-0.39, 0.29) is 11.3 Å². The summed E-state index contributed by atoms with van der Waals surface area (Å²) in [5.74, 6) is 0.181. The molecule has 0 unspecified atom stereocenters. The van der Waals surface area contributed by atoms with Crippen LogP contribution in [0.1, 0.15) is 26.2 Å². The Morgan fingerprint density at radius 2 is 2.20 bits per heavy atom. The van der Waals surface area contributed by atoms with Crippen LogP contribution in [0, 0.1) is 0 Å². The first kappa shape index (κ1) is 16.4. The number of carbonyl (C=O) groups is 1. The monoisotopic (exact) mass is 281 g/mol. The third kappa shape index (κ3) is 5.52. The topological polar surface area (TPSA) is 64.4 Å². The highest BCUT2D eigenvalue weighted by molar-refractivity contribution is 5.75. The van der Waals surface area contributed by atoms with Crippen molar-refractivity contribution in [3.63, 3.8) is 0 Å². The van der Waals surface area contributed by atoms with Crippen LogP contribution in [0.2, 0.25) is 0 Å². The molecule has 112 valence electrons. The molecule has 6 nitrogen and oxygen atoms in total. The van der Waals surface area contributed by atoms with Gasteiger partial charge in [0.05, 0.1) is 18.5 Å². The van der Waals surface area contributed by atoms with E-state index in [2.05, 4.69) is 5.10 Å². The minimum Gasteiger partial charge on any atom is -0.383 e. The number of likely N-dealkylation sites (N-methyl/N-ethyl adjacent to an activating group) is 1. The summed E-state index contributed by atoms with van der Waals surface area (Å²) in [6.07, 6.45) is 3.82. The van der Waals surface area contributed by atoms with Gasteiger partial charge in [0.25, 0.3) is 5.56 Å². The lowest BCUT2D eigenvalue weighted by atomic mass is 10.2. The zero-order chi connectivity index (χ0) is 15.0. The summed E-state index contributed by atoms with van der Waals surface area (Å²) in [5, 5.41) is 4.16. The van der Waals surface area contributed by atoms with E-state index in [0.717, 1.165) is 18.5 Å². The third-order valence-corrected chi connectivity index (χ3v) is 3.08. The number of hydrogen-bond acceptors (Lipinski definition) is 5. The maximum Gasteiger partial charge on any atom is 0.268 e. The highest BCUT2D eigenvalue weighted by atomic mass is 16.5. The second-order valence-corrected chi connectivity index (χ2v) is 4.85. The van der Waals surface area contributed by atoms with Gasteiger partial charge >= 0.3 is 0 Å². The summed E-state index contributed by atoms with van der Waals surface area (Å²) < 4.78 is 6.44. The van der Waals surface area contributed by atoms with E-state index in [4.69, 9.17) is 4.74 Å². The molecule has 0 radical (unpaired) electrons. The normalized spacial score (nSPS) is 10.6. The lowest BCUT2D eigenvalue weighted by Crippen LogP contribution is -2.27. The van der Waals surface area contributed by atoms with E-state index >= 15 is 0 Å². The van der Waals surface area contributed by atoms with Gasteiger partial charge < -0.3 is 14.4 Å². The number of Topliss-reactive ketones (excluding diaryl/α,β-unsaturated/α-hetero) is 1. The molecule has 1 heterocycles. The summed E-state index contributed by atoms with van der Waals surface area (Å²) in [7, 11) is 3.54. The van der Waals surface area contributed by atoms with E-state index in [1.54, 1.807) is 26.3 Å². The van der Waals surface area contributed by atoms with Crippen LogP contribution in [-0.2, 0) is 16.1 Å². The molecule has 6 heteroatoms. The number of carbonyl (C=O) groups excluding carboxylic acids is 1. The number of ketones is 1. The number of methoxy groups -OCH3 is 1. The molecule has 0 amide bonds. The summed E-state index contributed by atoms with van der Waals surface area (Å²) in [6.45, 7) is 3.44. The van der Waals surface area contributed by atoms with Gasteiger partial charge in [-0.25, -0.2) is 4.68 Å². The molecule has 0 aliphatic heterocycles. The second-order valence-electron chi connectivity index (χ2n) is 4.85. The molecular formula is C14H23N3O3. The van der Waals surface area contributed by atoms with Crippen molar-refractivity contribution in [3.8, 4) is 0 Å². The molecule has 0 aromatic carbocycles. The molecule has 0 fully saturated rings. The lowest BCUT2D eigenvalue weighted by Gasteiger charge is -2.18. The Labute approximate surface area is 119 Å². The van der Waals surface area contributed by atoms with Crippen LogP contribution in [0.15, 0.2) is 17.1 Å². The third-order valence-electron chi connectivity index (χ3n) is 3.08. The number of rotatable bonds is 9. The molecule has 1 aromatic heterocycles. The molecule has 0 atom stereocenters. The van der Waals surface area contributed by atoms with E-state index in [0.29, 0.717) is 26.1 Å². The average Bonchev–Trinajstić information content (AvgIpc) is 2.42. The Bertz CT molecular complexity index is 485. The van der Waals surface area contributed by atoms with Crippen molar-refractivity contribution < 1.29 is 9.53 Å². The van der Waals surface area contributed by atoms with Crippen LogP contribution >= 0.6 is 0 Å². The van der Waals surface area contributed by atoms with Gasteiger partial charge in [-0.2, -0.15) is 5.10 Å². The Balaban J connectivity index is 2.55. The molecule has 0 saturated carbocycles. The van der Waals surface area contributed by atoms with Crippen LogP contribution in [0.4, 0.5) is 5.69 Å². The molecule has 0 saturated heterocycles. The zero-order valence-electron chi connectivity index (χ0n) is 12.5. The summed E-state index contributed by atoms with van der Waals surface area (Å²) in [4.78, 5) is 24.7. The highest BCUT2D eigenvalue weighted by Gasteiger charge is 2.05. The Kier molecular flexibility index (Phi) is 6.93.